The van der Waals surface area contributed by atoms with Crippen molar-refractivity contribution in [3.05, 3.63) is 22.6 Å². The maximum absolute atomic E-state index is 11.9. The van der Waals surface area contributed by atoms with Crippen LogP contribution in [-0.4, -0.2) is 33.7 Å². The smallest absolute Gasteiger partial charge is 0.269 e. The number of likely N-dealkylation sites (tertiary alicyclic amines) is 1. The summed E-state index contributed by atoms with van der Waals surface area (Å²) in [4.78, 5) is 25.2. The maximum Gasteiger partial charge on any atom is 0.269 e. The number of aromatic nitrogens is 2. The summed E-state index contributed by atoms with van der Waals surface area (Å²) in [5.41, 5.74) is 5.41. The molecule has 1 aromatic rings. The zero-order valence-corrected chi connectivity index (χ0v) is 9.63. The molecule has 0 saturated carbocycles. The van der Waals surface area contributed by atoms with Crippen molar-refractivity contribution < 1.29 is 4.79 Å². The number of piperidine rings is 1. The fraction of sp³-hybridized carbons (Fsp3) is 0.545. The standard InChI is InChI=1S/C11H16N4O2/c12-9-6-10(16)15(13-7-9)8-11(17)14-4-2-1-3-5-14/h6-7H,1-5,8,12H2. The van der Waals surface area contributed by atoms with Gasteiger partial charge in [0.2, 0.25) is 5.91 Å². The lowest BCUT2D eigenvalue weighted by Crippen LogP contribution is -2.40. The number of nitrogens with two attached hydrogens (primary N) is 1. The van der Waals surface area contributed by atoms with Gasteiger partial charge in [-0.1, -0.05) is 0 Å². The Balaban J connectivity index is 2.04. The molecular formula is C11H16N4O2. The highest BCUT2D eigenvalue weighted by Gasteiger charge is 2.17. The van der Waals surface area contributed by atoms with Gasteiger partial charge < -0.3 is 10.6 Å². The maximum atomic E-state index is 11.9. The van der Waals surface area contributed by atoms with Crippen molar-refractivity contribution in [2.45, 2.75) is 25.8 Å². The Morgan fingerprint density at radius 1 is 1.35 bits per heavy atom. The van der Waals surface area contributed by atoms with Gasteiger partial charge in [-0.2, -0.15) is 5.10 Å². The van der Waals surface area contributed by atoms with Crippen molar-refractivity contribution in [2.75, 3.05) is 18.8 Å². The second-order valence-corrected chi connectivity index (χ2v) is 4.23. The van der Waals surface area contributed by atoms with E-state index >= 15 is 0 Å². The van der Waals surface area contributed by atoms with E-state index in [-0.39, 0.29) is 18.0 Å². The predicted octanol–water partition coefficient (Wildman–Crippen LogP) is -0.162. The van der Waals surface area contributed by atoms with Crippen molar-refractivity contribution in [1.29, 1.82) is 0 Å². The molecule has 0 aliphatic carbocycles. The molecule has 0 spiro atoms. The highest BCUT2D eigenvalue weighted by molar-refractivity contribution is 5.75. The summed E-state index contributed by atoms with van der Waals surface area (Å²) >= 11 is 0. The van der Waals surface area contributed by atoms with Crippen molar-refractivity contribution in [1.82, 2.24) is 14.7 Å². The van der Waals surface area contributed by atoms with Crippen LogP contribution in [0.1, 0.15) is 19.3 Å². The Bertz CT molecular complexity index is 463. The largest absolute Gasteiger partial charge is 0.397 e. The quantitative estimate of drug-likeness (QED) is 0.773. The van der Waals surface area contributed by atoms with Crippen LogP contribution in [0, 0.1) is 0 Å². The van der Waals surface area contributed by atoms with Gasteiger partial charge in [-0.25, -0.2) is 4.68 Å². The van der Waals surface area contributed by atoms with Crippen molar-refractivity contribution >= 4 is 11.6 Å². The highest BCUT2D eigenvalue weighted by atomic mass is 16.2. The van der Waals surface area contributed by atoms with Crippen LogP contribution in [0.5, 0.6) is 0 Å². The number of carbonyl (C=O) groups is 1. The molecule has 1 saturated heterocycles. The molecule has 92 valence electrons. The molecule has 0 radical (unpaired) electrons. The van der Waals surface area contributed by atoms with E-state index in [0.29, 0.717) is 5.69 Å². The normalized spacial score (nSPS) is 15.9. The molecular weight excluding hydrogens is 220 g/mol. The number of carbonyl (C=O) groups excluding carboxylic acids is 1. The van der Waals surface area contributed by atoms with Gasteiger partial charge in [-0.05, 0) is 19.3 Å². The van der Waals surface area contributed by atoms with E-state index in [2.05, 4.69) is 5.10 Å². The Hall–Kier alpha value is -1.85. The molecule has 1 aliphatic rings. The van der Waals surface area contributed by atoms with Gasteiger partial charge in [0.15, 0.2) is 0 Å². The third-order valence-corrected chi connectivity index (χ3v) is 2.88. The number of hydrogen-bond acceptors (Lipinski definition) is 4. The predicted molar refractivity (Wildman–Crippen MR) is 63.3 cm³/mol. The summed E-state index contributed by atoms with van der Waals surface area (Å²) in [5, 5.41) is 3.84. The molecule has 17 heavy (non-hydrogen) atoms. The molecule has 2 N–H and O–H groups in total. The molecule has 0 atom stereocenters. The molecule has 2 rings (SSSR count). The van der Waals surface area contributed by atoms with E-state index in [1.54, 1.807) is 4.90 Å². The fourth-order valence-corrected chi connectivity index (χ4v) is 1.94. The molecule has 0 bridgehead atoms. The Labute approximate surface area is 99.0 Å². The van der Waals surface area contributed by atoms with Gasteiger partial charge in [0.25, 0.3) is 5.56 Å². The third kappa shape index (κ3) is 2.83. The second-order valence-electron chi connectivity index (χ2n) is 4.23. The molecule has 1 amide bonds. The first kappa shape index (κ1) is 11.6. The molecule has 6 nitrogen and oxygen atoms in total. The molecule has 1 aliphatic heterocycles. The van der Waals surface area contributed by atoms with E-state index in [4.69, 9.17) is 5.73 Å². The minimum absolute atomic E-state index is 0.000880. The van der Waals surface area contributed by atoms with Crippen LogP contribution in [0.2, 0.25) is 0 Å². The first-order valence-corrected chi connectivity index (χ1v) is 5.77. The van der Waals surface area contributed by atoms with E-state index in [1.807, 2.05) is 0 Å². The van der Waals surface area contributed by atoms with Crippen molar-refractivity contribution in [2.24, 2.45) is 0 Å². The molecule has 0 unspecified atom stereocenters. The summed E-state index contributed by atoms with van der Waals surface area (Å²) in [6.45, 7) is 1.56. The summed E-state index contributed by atoms with van der Waals surface area (Å²) in [5.74, 6) is -0.0518. The number of rotatable bonds is 2. The van der Waals surface area contributed by atoms with Crippen LogP contribution in [0.3, 0.4) is 0 Å². The number of nitrogens with zero attached hydrogens (tertiary/aromatic N) is 3. The van der Waals surface area contributed by atoms with Gasteiger partial charge in [0, 0.05) is 19.2 Å². The van der Waals surface area contributed by atoms with Crippen LogP contribution in [0.15, 0.2) is 17.1 Å². The zero-order chi connectivity index (χ0) is 12.3. The number of anilines is 1. The lowest BCUT2D eigenvalue weighted by atomic mass is 10.1. The van der Waals surface area contributed by atoms with Crippen LogP contribution in [0.25, 0.3) is 0 Å². The Kier molecular flexibility index (Phi) is 3.41. The molecule has 1 fully saturated rings. The van der Waals surface area contributed by atoms with E-state index < -0.39 is 0 Å². The number of amides is 1. The lowest BCUT2D eigenvalue weighted by molar-refractivity contribution is -0.133. The van der Waals surface area contributed by atoms with Crippen LogP contribution in [0.4, 0.5) is 5.69 Å². The van der Waals surface area contributed by atoms with Gasteiger partial charge in [-0.15, -0.1) is 0 Å². The summed E-state index contributed by atoms with van der Waals surface area (Å²) < 4.78 is 1.15. The van der Waals surface area contributed by atoms with Gasteiger partial charge in [0.1, 0.15) is 6.54 Å². The summed E-state index contributed by atoms with van der Waals surface area (Å²) in [6.07, 6.45) is 4.63. The third-order valence-electron chi connectivity index (χ3n) is 2.88. The Morgan fingerprint density at radius 2 is 2.06 bits per heavy atom. The van der Waals surface area contributed by atoms with E-state index in [9.17, 15) is 9.59 Å². The fourth-order valence-electron chi connectivity index (χ4n) is 1.94. The van der Waals surface area contributed by atoms with Gasteiger partial charge in [0.05, 0.1) is 11.9 Å². The minimum atomic E-state index is -0.338. The van der Waals surface area contributed by atoms with Crippen LogP contribution >= 0.6 is 0 Å². The van der Waals surface area contributed by atoms with E-state index in [1.165, 1.54) is 18.7 Å². The summed E-state index contributed by atoms with van der Waals surface area (Å²) in [7, 11) is 0. The van der Waals surface area contributed by atoms with Gasteiger partial charge >= 0.3 is 0 Å². The first-order chi connectivity index (χ1) is 8.16. The van der Waals surface area contributed by atoms with E-state index in [0.717, 1.165) is 30.6 Å². The van der Waals surface area contributed by atoms with Crippen molar-refractivity contribution in [3.63, 3.8) is 0 Å². The monoisotopic (exact) mass is 236 g/mol. The average molecular weight is 236 g/mol. The average Bonchev–Trinajstić information content (AvgIpc) is 2.34. The van der Waals surface area contributed by atoms with Crippen LogP contribution < -0.4 is 11.3 Å². The first-order valence-electron chi connectivity index (χ1n) is 5.77. The topological polar surface area (TPSA) is 81.2 Å². The number of hydrogen-bond donors (Lipinski definition) is 1. The highest BCUT2D eigenvalue weighted by Crippen LogP contribution is 2.08. The van der Waals surface area contributed by atoms with Gasteiger partial charge in [-0.3, -0.25) is 9.59 Å². The Morgan fingerprint density at radius 3 is 2.71 bits per heavy atom. The van der Waals surface area contributed by atoms with Crippen LogP contribution in [-0.2, 0) is 11.3 Å². The van der Waals surface area contributed by atoms with Crippen molar-refractivity contribution in [3.8, 4) is 0 Å². The summed E-state index contributed by atoms with van der Waals surface area (Å²) in [6, 6.07) is 1.27. The second kappa shape index (κ2) is 4.99. The molecule has 6 heteroatoms. The molecule has 2 heterocycles. The zero-order valence-electron chi connectivity index (χ0n) is 9.63. The SMILES string of the molecule is Nc1cnn(CC(=O)N2CCCCC2)c(=O)c1. The lowest BCUT2D eigenvalue weighted by Gasteiger charge is -2.26. The number of nitrogen functional groups attached to an aromatic ring is 1. The minimum Gasteiger partial charge on any atom is -0.397 e. The molecule has 0 aromatic carbocycles. The molecule has 1 aromatic heterocycles.